The molecule has 4 aliphatic rings. The predicted molar refractivity (Wildman–Crippen MR) is 142 cm³/mol. The average Bonchev–Trinajstić information content (AvgIpc) is 3.15. The van der Waals surface area contributed by atoms with Crippen molar-refractivity contribution in [3.05, 3.63) is 11.3 Å². The fourth-order valence-electron chi connectivity index (χ4n) is 6.74. The molecule has 0 aromatic carbocycles. The number of rotatable bonds is 8. The van der Waals surface area contributed by atoms with Crippen LogP contribution in [0.5, 0.6) is 0 Å². The van der Waals surface area contributed by atoms with Gasteiger partial charge in [-0.05, 0) is 57.4 Å². The number of carbonyl (C=O) groups is 2. The van der Waals surface area contributed by atoms with Crippen LogP contribution in [-0.4, -0.2) is 87.7 Å². The van der Waals surface area contributed by atoms with E-state index in [4.69, 9.17) is 0 Å². The van der Waals surface area contributed by atoms with Crippen LogP contribution in [-0.2, 0) is 9.59 Å². The summed E-state index contributed by atoms with van der Waals surface area (Å²) in [5.74, 6) is -0.305. The molecular formula is C28H49N5O3. The Morgan fingerprint density at radius 2 is 1.78 bits per heavy atom. The van der Waals surface area contributed by atoms with Gasteiger partial charge in [-0.15, -0.1) is 0 Å². The summed E-state index contributed by atoms with van der Waals surface area (Å²) < 4.78 is 0. The molecule has 1 unspecified atom stereocenters. The molecule has 3 N–H and O–H groups in total. The number of nitrogens with zero attached hydrogens (tertiary/aromatic N) is 3. The number of unbranched alkanes of at least 4 members (excludes halogenated alkanes) is 1. The Balaban J connectivity index is 1.45. The maximum Gasteiger partial charge on any atom is 0.248 e. The van der Waals surface area contributed by atoms with Crippen LogP contribution in [0.25, 0.3) is 0 Å². The Hall–Kier alpha value is -1.64. The molecule has 1 aliphatic carbocycles. The SMILES string of the molecule is CCCCN1C(=O)[C@@H]([C@H](O)C(C)C)NC(=O)C12CCN(CC1=C(C)N(C3CCCCC3)NC1C)CC2. The number of amides is 2. The summed E-state index contributed by atoms with van der Waals surface area (Å²) in [6.07, 6.45) is 8.74. The van der Waals surface area contributed by atoms with Crippen molar-refractivity contribution in [1.29, 1.82) is 0 Å². The minimum absolute atomic E-state index is 0.0858. The molecule has 4 rings (SSSR count). The number of aliphatic hydroxyl groups is 1. The second-order valence-electron chi connectivity index (χ2n) is 12.0. The van der Waals surface area contributed by atoms with Crippen molar-refractivity contribution in [2.45, 2.75) is 122 Å². The number of piperazine rings is 1. The van der Waals surface area contributed by atoms with E-state index in [-0.39, 0.29) is 17.7 Å². The molecular weight excluding hydrogens is 454 g/mol. The molecule has 8 heteroatoms. The molecule has 1 spiro atoms. The summed E-state index contributed by atoms with van der Waals surface area (Å²) in [5.41, 5.74) is 5.75. The van der Waals surface area contributed by atoms with Crippen molar-refractivity contribution in [2.75, 3.05) is 26.2 Å². The zero-order valence-corrected chi connectivity index (χ0v) is 23.2. The van der Waals surface area contributed by atoms with Gasteiger partial charge >= 0.3 is 0 Å². The van der Waals surface area contributed by atoms with Gasteiger partial charge in [-0.3, -0.25) is 14.5 Å². The van der Waals surface area contributed by atoms with Crippen LogP contribution in [0.15, 0.2) is 11.3 Å². The van der Waals surface area contributed by atoms with Crippen molar-refractivity contribution < 1.29 is 14.7 Å². The molecule has 1 saturated carbocycles. The molecule has 2 saturated heterocycles. The maximum absolute atomic E-state index is 13.5. The van der Waals surface area contributed by atoms with Crippen LogP contribution in [0.2, 0.25) is 0 Å². The summed E-state index contributed by atoms with van der Waals surface area (Å²) >= 11 is 0. The first-order valence-corrected chi connectivity index (χ1v) is 14.5. The molecule has 204 valence electrons. The third kappa shape index (κ3) is 5.18. The van der Waals surface area contributed by atoms with Gasteiger partial charge in [-0.1, -0.05) is 46.5 Å². The summed E-state index contributed by atoms with van der Waals surface area (Å²) in [4.78, 5) is 31.4. The first-order chi connectivity index (χ1) is 17.2. The number of likely N-dealkylation sites (tertiary alicyclic amines) is 1. The third-order valence-corrected chi connectivity index (χ3v) is 9.22. The topological polar surface area (TPSA) is 88.2 Å². The number of piperidine rings is 1. The summed E-state index contributed by atoms with van der Waals surface area (Å²) in [6.45, 7) is 13.4. The first kappa shape index (κ1) is 27.4. The Morgan fingerprint density at radius 3 is 2.39 bits per heavy atom. The molecule has 8 nitrogen and oxygen atoms in total. The van der Waals surface area contributed by atoms with E-state index in [0.29, 0.717) is 31.5 Å². The van der Waals surface area contributed by atoms with Gasteiger partial charge in [0.1, 0.15) is 11.6 Å². The van der Waals surface area contributed by atoms with Crippen LogP contribution in [0, 0.1) is 5.92 Å². The van der Waals surface area contributed by atoms with Crippen molar-refractivity contribution in [3.8, 4) is 0 Å². The van der Waals surface area contributed by atoms with E-state index in [1.807, 2.05) is 18.7 Å². The van der Waals surface area contributed by atoms with Crippen molar-refractivity contribution >= 4 is 11.8 Å². The molecule has 36 heavy (non-hydrogen) atoms. The Morgan fingerprint density at radius 1 is 1.11 bits per heavy atom. The lowest BCUT2D eigenvalue weighted by atomic mass is 9.80. The lowest BCUT2D eigenvalue weighted by Crippen LogP contribution is -2.75. The Bertz CT molecular complexity index is 829. The van der Waals surface area contributed by atoms with Gasteiger partial charge in [0.25, 0.3) is 0 Å². The number of hydrogen-bond donors (Lipinski definition) is 3. The van der Waals surface area contributed by atoms with Gasteiger partial charge in [-0.25, -0.2) is 5.43 Å². The van der Waals surface area contributed by atoms with Crippen LogP contribution >= 0.6 is 0 Å². The third-order valence-electron chi connectivity index (χ3n) is 9.22. The Kier molecular flexibility index (Phi) is 8.67. The van der Waals surface area contributed by atoms with Gasteiger partial charge in [-0.2, -0.15) is 0 Å². The van der Waals surface area contributed by atoms with E-state index in [0.717, 1.165) is 32.5 Å². The second-order valence-corrected chi connectivity index (χ2v) is 12.0. The van der Waals surface area contributed by atoms with Gasteiger partial charge in [0, 0.05) is 44.0 Å². The molecule has 3 atom stereocenters. The zero-order chi connectivity index (χ0) is 26.0. The van der Waals surface area contributed by atoms with E-state index in [1.54, 1.807) is 0 Å². The van der Waals surface area contributed by atoms with Crippen molar-refractivity contribution in [3.63, 3.8) is 0 Å². The molecule has 0 radical (unpaired) electrons. The molecule has 0 aromatic rings. The second kappa shape index (κ2) is 11.4. The molecule has 0 bridgehead atoms. The number of carbonyl (C=O) groups excluding carboxylic acids is 2. The van der Waals surface area contributed by atoms with Gasteiger partial charge in [0.15, 0.2) is 0 Å². The molecule has 3 aliphatic heterocycles. The number of aliphatic hydroxyl groups excluding tert-OH is 1. The lowest BCUT2D eigenvalue weighted by molar-refractivity contribution is -0.165. The fourth-order valence-corrected chi connectivity index (χ4v) is 6.74. The number of nitrogens with one attached hydrogen (secondary N) is 2. The van der Waals surface area contributed by atoms with E-state index >= 15 is 0 Å². The standard InChI is InChI=1S/C28H49N5O3/c1-6-7-15-32-26(35)24(25(34)19(2)3)29-27(36)28(32)13-16-31(17-14-28)18-23-20(4)30-33(21(23)5)22-11-9-8-10-12-22/h19-20,22,24-25,30,34H,6-18H2,1-5H3,(H,29,36)/t20?,24-,25-/m1/s1. The summed E-state index contributed by atoms with van der Waals surface area (Å²) in [6, 6.07) is 0.0743. The van der Waals surface area contributed by atoms with Crippen molar-refractivity contribution in [1.82, 2.24) is 25.6 Å². The molecule has 2 amide bonds. The normalized spacial score (nSPS) is 29.0. The largest absolute Gasteiger partial charge is 0.390 e. The van der Waals surface area contributed by atoms with Crippen LogP contribution in [0.1, 0.15) is 92.4 Å². The smallest absolute Gasteiger partial charge is 0.248 e. The monoisotopic (exact) mass is 503 g/mol. The Labute approximate surface area is 217 Å². The van der Waals surface area contributed by atoms with Gasteiger partial charge in [0.05, 0.1) is 6.10 Å². The lowest BCUT2D eigenvalue weighted by Gasteiger charge is -2.52. The quantitative estimate of drug-likeness (QED) is 0.472. The van der Waals surface area contributed by atoms with E-state index < -0.39 is 17.7 Å². The zero-order valence-electron chi connectivity index (χ0n) is 23.2. The number of hydrogen-bond acceptors (Lipinski definition) is 6. The predicted octanol–water partition coefficient (Wildman–Crippen LogP) is 2.78. The highest BCUT2D eigenvalue weighted by Gasteiger charge is 2.55. The fraction of sp³-hybridized carbons (Fsp3) is 0.857. The number of allylic oxidation sites excluding steroid dienone is 1. The number of hydrazine groups is 1. The highest BCUT2D eigenvalue weighted by atomic mass is 16.3. The van der Waals surface area contributed by atoms with Crippen LogP contribution in [0.4, 0.5) is 0 Å². The minimum Gasteiger partial charge on any atom is -0.390 e. The highest BCUT2D eigenvalue weighted by Crippen LogP contribution is 2.36. The van der Waals surface area contributed by atoms with E-state index in [9.17, 15) is 14.7 Å². The molecule has 0 aromatic heterocycles. The van der Waals surface area contributed by atoms with Gasteiger partial charge in [0.2, 0.25) is 11.8 Å². The van der Waals surface area contributed by atoms with Gasteiger partial charge < -0.3 is 20.3 Å². The highest BCUT2D eigenvalue weighted by molar-refractivity contribution is 6.00. The molecule has 3 fully saturated rings. The summed E-state index contributed by atoms with van der Waals surface area (Å²) in [7, 11) is 0. The van der Waals surface area contributed by atoms with Crippen LogP contribution in [0.3, 0.4) is 0 Å². The van der Waals surface area contributed by atoms with E-state index in [2.05, 4.69) is 41.4 Å². The minimum atomic E-state index is -0.874. The summed E-state index contributed by atoms with van der Waals surface area (Å²) in [5, 5.41) is 16.0. The van der Waals surface area contributed by atoms with Crippen LogP contribution < -0.4 is 10.7 Å². The first-order valence-electron chi connectivity index (χ1n) is 14.5. The van der Waals surface area contributed by atoms with E-state index in [1.165, 1.54) is 43.4 Å². The van der Waals surface area contributed by atoms with Crippen molar-refractivity contribution in [2.24, 2.45) is 5.92 Å². The average molecular weight is 504 g/mol. The molecule has 3 heterocycles. The maximum atomic E-state index is 13.5.